The second-order valence-electron chi connectivity index (χ2n) is 6.88. The molecular weight excluding hydrogens is 278 g/mol. The Morgan fingerprint density at radius 1 is 1.38 bits per heavy atom. The Bertz CT molecular complexity index is 424. The van der Waals surface area contributed by atoms with E-state index in [-0.39, 0.29) is 0 Å². The summed E-state index contributed by atoms with van der Waals surface area (Å²) in [5.74, 6) is 0. The average molecular weight is 308 g/mol. The van der Waals surface area contributed by atoms with Gasteiger partial charge in [0.05, 0.1) is 6.10 Å². The summed E-state index contributed by atoms with van der Waals surface area (Å²) in [4.78, 5) is 1.49. The highest BCUT2D eigenvalue weighted by Crippen LogP contribution is 2.53. The molecule has 2 aliphatic rings. The van der Waals surface area contributed by atoms with E-state index in [1.54, 1.807) is 0 Å². The van der Waals surface area contributed by atoms with Crippen LogP contribution in [0.25, 0.3) is 0 Å². The lowest BCUT2D eigenvalue weighted by Crippen LogP contribution is -2.65. The van der Waals surface area contributed by atoms with Crippen LogP contribution in [0.15, 0.2) is 17.5 Å². The second kappa shape index (κ2) is 6.80. The van der Waals surface area contributed by atoms with Gasteiger partial charge in [-0.25, -0.2) is 0 Å². The van der Waals surface area contributed by atoms with Gasteiger partial charge in [-0.2, -0.15) is 0 Å². The fourth-order valence-corrected chi connectivity index (χ4v) is 5.27. The molecule has 0 aromatic carbocycles. The van der Waals surface area contributed by atoms with Gasteiger partial charge in [0.1, 0.15) is 0 Å². The molecule has 0 aliphatic heterocycles. The number of ether oxygens (including phenoxy) is 1. The summed E-state index contributed by atoms with van der Waals surface area (Å²) in [6, 6.07) is 5.65. The largest absolute Gasteiger partial charge is 0.378 e. The van der Waals surface area contributed by atoms with E-state index in [1.807, 2.05) is 11.3 Å². The SMILES string of the molecule is CCOC1CC(NC(C)Cc2cccs2)C12CCCCC2. The molecule has 0 radical (unpaired) electrons. The Morgan fingerprint density at radius 2 is 2.19 bits per heavy atom. The molecule has 3 unspecified atom stereocenters. The van der Waals surface area contributed by atoms with Crippen LogP contribution in [0.2, 0.25) is 0 Å². The third-order valence-electron chi connectivity index (χ3n) is 5.51. The third-order valence-corrected chi connectivity index (χ3v) is 6.41. The summed E-state index contributed by atoms with van der Waals surface area (Å²) in [5, 5.41) is 6.11. The first-order chi connectivity index (χ1) is 10.2. The van der Waals surface area contributed by atoms with E-state index in [1.165, 1.54) is 43.4 Å². The lowest BCUT2D eigenvalue weighted by atomic mass is 9.55. The molecular formula is C18H29NOS. The topological polar surface area (TPSA) is 21.3 Å². The highest BCUT2D eigenvalue weighted by Gasteiger charge is 2.55. The first kappa shape index (κ1) is 15.5. The Morgan fingerprint density at radius 3 is 2.86 bits per heavy atom. The van der Waals surface area contributed by atoms with Crippen LogP contribution in [0.1, 0.15) is 57.2 Å². The smallest absolute Gasteiger partial charge is 0.0661 e. The number of rotatable bonds is 6. The van der Waals surface area contributed by atoms with Gasteiger partial charge in [0, 0.05) is 29.0 Å². The molecule has 1 N–H and O–H groups in total. The molecule has 2 fully saturated rings. The molecule has 3 atom stereocenters. The van der Waals surface area contributed by atoms with Crippen molar-refractivity contribution in [2.24, 2.45) is 5.41 Å². The predicted octanol–water partition coefficient (Wildman–Crippen LogP) is 4.40. The average Bonchev–Trinajstić information content (AvgIpc) is 3.00. The minimum absolute atomic E-state index is 0.442. The zero-order valence-corrected chi connectivity index (χ0v) is 14.3. The molecule has 1 spiro atoms. The lowest BCUT2D eigenvalue weighted by molar-refractivity contribution is -0.151. The van der Waals surface area contributed by atoms with Crippen molar-refractivity contribution in [3.63, 3.8) is 0 Å². The number of hydrogen-bond donors (Lipinski definition) is 1. The molecule has 2 saturated carbocycles. The Balaban J connectivity index is 1.59. The van der Waals surface area contributed by atoms with Crippen molar-refractivity contribution in [2.75, 3.05) is 6.61 Å². The normalized spacial score (nSPS) is 29.2. The van der Waals surface area contributed by atoms with Crippen LogP contribution in [0.5, 0.6) is 0 Å². The van der Waals surface area contributed by atoms with Crippen molar-refractivity contribution in [3.8, 4) is 0 Å². The molecule has 2 aliphatic carbocycles. The molecule has 3 heteroatoms. The molecule has 21 heavy (non-hydrogen) atoms. The van der Waals surface area contributed by atoms with Crippen LogP contribution < -0.4 is 5.32 Å². The van der Waals surface area contributed by atoms with Crippen LogP contribution in [0.4, 0.5) is 0 Å². The maximum absolute atomic E-state index is 6.05. The molecule has 2 nitrogen and oxygen atoms in total. The molecule has 3 rings (SSSR count). The summed E-state index contributed by atoms with van der Waals surface area (Å²) in [6.07, 6.45) is 9.79. The van der Waals surface area contributed by atoms with Gasteiger partial charge in [0.15, 0.2) is 0 Å². The van der Waals surface area contributed by atoms with E-state index in [4.69, 9.17) is 4.74 Å². The molecule has 0 amide bonds. The van der Waals surface area contributed by atoms with Crippen molar-refractivity contribution in [1.29, 1.82) is 0 Å². The van der Waals surface area contributed by atoms with E-state index in [2.05, 4.69) is 36.7 Å². The van der Waals surface area contributed by atoms with E-state index in [0.29, 0.717) is 23.6 Å². The van der Waals surface area contributed by atoms with Crippen LogP contribution in [-0.4, -0.2) is 24.8 Å². The maximum Gasteiger partial charge on any atom is 0.0661 e. The maximum atomic E-state index is 6.05. The van der Waals surface area contributed by atoms with Crippen LogP contribution in [-0.2, 0) is 11.2 Å². The number of hydrogen-bond acceptors (Lipinski definition) is 3. The van der Waals surface area contributed by atoms with E-state index < -0.39 is 0 Å². The van der Waals surface area contributed by atoms with Crippen molar-refractivity contribution in [2.45, 2.75) is 77.0 Å². The summed E-state index contributed by atoms with van der Waals surface area (Å²) >= 11 is 1.88. The van der Waals surface area contributed by atoms with Crippen molar-refractivity contribution in [3.05, 3.63) is 22.4 Å². The zero-order chi connectivity index (χ0) is 14.7. The van der Waals surface area contributed by atoms with Gasteiger partial charge >= 0.3 is 0 Å². The Hall–Kier alpha value is -0.380. The van der Waals surface area contributed by atoms with Gasteiger partial charge in [0.2, 0.25) is 0 Å². The van der Waals surface area contributed by atoms with Gasteiger partial charge in [0.25, 0.3) is 0 Å². The first-order valence-corrected chi connectivity index (χ1v) is 9.52. The van der Waals surface area contributed by atoms with Crippen LogP contribution in [0.3, 0.4) is 0 Å². The summed E-state index contributed by atoms with van der Waals surface area (Å²) < 4.78 is 6.05. The number of nitrogens with one attached hydrogen (secondary N) is 1. The molecule has 1 aromatic rings. The van der Waals surface area contributed by atoms with Gasteiger partial charge < -0.3 is 10.1 Å². The summed E-state index contributed by atoms with van der Waals surface area (Å²) in [6.45, 7) is 5.34. The van der Waals surface area contributed by atoms with Crippen LogP contribution in [0, 0.1) is 5.41 Å². The molecule has 0 saturated heterocycles. The summed E-state index contributed by atoms with van der Waals surface area (Å²) in [7, 11) is 0. The second-order valence-corrected chi connectivity index (χ2v) is 7.91. The minimum Gasteiger partial charge on any atom is -0.378 e. The Kier molecular flexibility index (Phi) is 5.03. The van der Waals surface area contributed by atoms with Gasteiger partial charge in [-0.1, -0.05) is 25.3 Å². The minimum atomic E-state index is 0.442. The molecule has 0 bridgehead atoms. The highest BCUT2D eigenvalue weighted by molar-refractivity contribution is 7.09. The highest BCUT2D eigenvalue weighted by atomic mass is 32.1. The Labute approximate surface area is 133 Å². The van der Waals surface area contributed by atoms with Gasteiger partial charge in [-0.3, -0.25) is 0 Å². The van der Waals surface area contributed by atoms with Crippen molar-refractivity contribution >= 4 is 11.3 Å². The van der Waals surface area contributed by atoms with Gasteiger partial charge in [-0.15, -0.1) is 11.3 Å². The van der Waals surface area contributed by atoms with Crippen molar-refractivity contribution in [1.82, 2.24) is 5.32 Å². The zero-order valence-electron chi connectivity index (χ0n) is 13.4. The van der Waals surface area contributed by atoms with E-state index in [0.717, 1.165) is 13.0 Å². The quantitative estimate of drug-likeness (QED) is 0.841. The standard InChI is InChI=1S/C18H29NOS/c1-3-20-17-13-16(18(17)9-5-4-6-10-18)19-14(2)12-15-8-7-11-21-15/h7-8,11,14,16-17,19H,3-6,9-10,12-13H2,1-2H3. The van der Waals surface area contributed by atoms with E-state index >= 15 is 0 Å². The molecule has 1 aromatic heterocycles. The lowest BCUT2D eigenvalue weighted by Gasteiger charge is -2.58. The van der Waals surface area contributed by atoms with E-state index in [9.17, 15) is 0 Å². The fraction of sp³-hybridized carbons (Fsp3) is 0.778. The van der Waals surface area contributed by atoms with Gasteiger partial charge in [-0.05, 0) is 51.0 Å². The predicted molar refractivity (Wildman–Crippen MR) is 90.0 cm³/mol. The molecule has 118 valence electrons. The number of thiophene rings is 1. The summed E-state index contributed by atoms with van der Waals surface area (Å²) in [5.41, 5.74) is 0.442. The third kappa shape index (κ3) is 3.20. The molecule has 1 heterocycles. The first-order valence-electron chi connectivity index (χ1n) is 8.64. The van der Waals surface area contributed by atoms with Crippen molar-refractivity contribution < 1.29 is 4.74 Å². The van der Waals surface area contributed by atoms with Crippen LogP contribution >= 0.6 is 11.3 Å². The fourth-order valence-electron chi connectivity index (χ4n) is 4.43. The monoisotopic (exact) mass is 307 g/mol.